The summed E-state index contributed by atoms with van der Waals surface area (Å²) in [7, 11) is 0. The van der Waals surface area contributed by atoms with Crippen molar-refractivity contribution >= 4 is 0 Å². The molecule has 0 amide bonds. The second-order valence-corrected chi connectivity index (χ2v) is 3.36. The lowest BCUT2D eigenvalue weighted by molar-refractivity contribution is 0.477. The van der Waals surface area contributed by atoms with Crippen molar-refractivity contribution in [3.8, 4) is 22.9 Å². The van der Waals surface area contributed by atoms with Crippen LogP contribution in [-0.4, -0.2) is 5.11 Å². The zero-order valence-electron chi connectivity index (χ0n) is 8.31. The Morgan fingerprint density at radius 1 is 1.12 bits per heavy atom. The molecule has 0 fully saturated rings. The first kappa shape index (κ1) is 10.2. The average molecular weight is 213 g/mol. The van der Waals surface area contributed by atoms with Crippen LogP contribution in [0.15, 0.2) is 42.5 Å². The van der Waals surface area contributed by atoms with Gasteiger partial charge in [-0.15, -0.1) is 0 Å². The number of para-hydroxylation sites is 1. The van der Waals surface area contributed by atoms with Crippen LogP contribution in [0.3, 0.4) is 0 Å². The first-order valence-electron chi connectivity index (χ1n) is 4.70. The van der Waals surface area contributed by atoms with Crippen molar-refractivity contribution < 1.29 is 9.50 Å². The molecule has 0 atom stereocenters. The number of halogens is 1. The molecule has 16 heavy (non-hydrogen) atoms. The second kappa shape index (κ2) is 4.03. The van der Waals surface area contributed by atoms with Crippen molar-refractivity contribution in [1.82, 2.24) is 0 Å². The fraction of sp³-hybridized carbons (Fsp3) is 0. The molecular weight excluding hydrogens is 205 g/mol. The Kier molecular flexibility index (Phi) is 2.57. The molecule has 0 aliphatic carbocycles. The van der Waals surface area contributed by atoms with Crippen LogP contribution in [0, 0.1) is 17.1 Å². The van der Waals surface area contributed by atoms with Crippen LogP contribution in [-0.2, 0) is 0 Å². The molecule has 2 rings (SSSR count). The average Bonchev–Trinajstić information content (AvgIpc) is 2.28. The number of phenolic OH excluding ortho intramolecular Hbond substituents is 1. The molecule has 3 heteroatoms. The van der Waals surface area contributed by atoms with Crippen molar-refractivity contribution in [3.05, 3.63) is 53.8 Å². The molecule has 0 aliphatic rings. The van der Waals surface area contributed by atoms with Gasteiger partial charge in [-0.05, 0) is 29.8 Å². The van der Waals surface area contributed by atoms with E-state index in [0.29, 0.717) is 11.1 Å². The monoisotopic (exact) mass is 213 g/mol. The van der Waals surface area contributed by atoms with Gasteiger partial charge in [-0.3, -0.25) is 0 Å². The van der Waals surface area contributed by atoms with E-state index in [1.165, 1.54) is 18.2 Å². The van der Waals surface area contributed by atoms with Gasteiger partial charge in [0.05, 0.1) is 11.6 Å². The SMILES string of the molecule is N#Cc1cc(F)cc(-c2ccccc2O)c1. The summed E-state index contributed by atoms with van der Waals surface area (Å²) in [5.74, 6) is -0.422. The lowest BCUT2D eigenvalue weighted by atomic mass is 10.0. The number of nitrogens with zero attached hydrogens (tertiary/aromatic N) is 1. The van der Waals surface area contributed by atoms with Crippen LogP contribution in [0.4, 0.5) is 4.39 Å². The van der Waals surface area contributed by atoms with Gasteiger partial charge in [0.1, 0.15) is 11.6 Å². The quantitative estimate of drug-likeness (QED) is 0.791. The van der Waals surface area contributed by atoms with Crippen LogP contribution in [0.5, 0.6) is 5.75 Å². The highest BCUT2D eigenvalue weighted by atomic mass is 19.1. The van der Waals surface area contributed by atoms with Gasteiger partial charge in [0.25, 0.3) is 0 Å². The lowest BCUT2D eigenvalue weighted by Gasteiger charge is -2.04. The van der Waals surface area contributed by atoms with E-state index < -0.39 is 5.82 Å². The number of benzene rings is 2. The summed E-state index contributed by atoms with van der Waals surface area (Å²) in [4.78, 5) is 0. The predicted molar refractivity (Wildman–Crippen MR) is 58.2 cm³/mol. The van der Waals surface area contributed by atoms with Crippen LogP contribution < -0.4 is 0 Å². The molecule has 0 aliphatic heterocycles. The third kappa shape index (κ3) is 1.86. The van der Waals surface area contributed by atoms with Gasteiger partial charge >= 0.3 is 0 Å². The standard InChI is InChI=1S/C13H8FNO/c14-11-6-9(8-15)5-10(7-11)12-3-1-2-4-13(12)16/h1-7,16H. The topological polar surface area (TPSA) is 44.0 Å². The van der Waals surface area contributed by atoms with E-state index >= 15 is 0 Å². The number of rotatable bonds is 1. The van der Waals surface area contributed by atoms with Gasteiger partial charge in [0.2, 0.25) is 0 Å². The Bertz CT molecular complexity index is 572. The highest BCUT2D eigenvalue weighted by Crippen LogP contribution is 2.29. The minimum absolute atomic E-state index is 0.0667. The summed E-state index contributed by atoms with van der Waals surface area (Å²) < 4.78 is 13.2. The molecule has 0 aromatic heterocycles. The third-order valence-corrected chi connectivity index (χ3v) is 2.24. The third-order valence-electron chi connectivity index (χ3n) is 2.24. The minimum atomic E-state index is -0.489. The van der Waals surface area contributed by atoms with E-state index in [-0.39, 0.29) is 11.3 Å². The van der Waals surface area contributed by atoms with Gasteiger partial charge in [0.15, 0.2) is 0 Å². The van der Waals surface area contributed by atoms with E-state index in [1.54, 1.807) is 18.2 Å². The predicted octanol–water partition coefficient (Wildman–Crippen LogP) is 3.07. The first-order chi connectivity index (χ1) is 7.70. The summed E-state index contributed by atoms with van der Waals surface area (Å²) in [5.41, 5.74) is 1.24. The van der Waals surface area contributed by atoms with Crippen molar-refractivity contribution in [2.45, 2.75) is 0 Å². The van der Waals surface area contributed by atoms with E-state index in [1.807, 2.05) is 6.07 Å². The molecule has 0 saturated carbocycles. The lowest BCUT2D eigenvalue weighted by Crippen LogP contribution is -1.84. The summed E-state index contributed by atoms with van der Waals surface area (Å²) in [6, 6.07) is 12.5. The van der Waals surface area contributed by atoms with Crippen LogP contribution in [0.2, 0.25) is 0 Å². The maximum Gasteiger partial charge on any atom is 0.125 e. The maximum atomic E-state index is 13.2. The summed E-state index contributed by atoms with van der Waals surface area (Å²) >= 11 is 0. The number of nitriles is 1. The van der Waals surface area contributed by atoms with Crippen molar-refractivity contribution in [3.63, 3.8) is 0 Å². The number of hydrogen-bond acceptors (Lipinski definition) is 2. The summed E-state index contributed by atoms with van der Waals surface area (Å²) in [6.45, 7) is 0. The summed E-state index contributed by atoms with van der Waals surface area (Å²) in [5, 5.41) is 18.3. The van der Waals surface area contributed by atoms with Crippen LogP contribution >= 0.6 is 0 Å². The van der Waals surface area contributed by atoms with Gasteiger partial charge < -0.3 is 5.11 Å². The molecule has 0 bridgehead atoms. The highest BCUT2D eigenvalue weighted by molar-refractivity contribution is 5.71. The molecule has 1 N–H and O–H groups in total. The molecule has 0 spiro atoms. The smallest absolute Gasteiger partial charge is 0.125 e. The number of aromatic hydroxyl groups is 1. The molecule has 0 heterocycles. The van der Waals surface area contributed by atoms with Crippen molar-refractivity contribution in [2.75, 3.05) is 0 Å². The normalized spacial score (nSPS) is 9.75. The fourth-order valence-electron chi connectivity index (χ4n) is 1.53. The van der Waals surface area contributed by atoms with Gasteiger partial charge in [-0.25, -0.2) is 4.39 Å². The van der Waals surface area contributed by atoms with Crippen molar-refractivity contribution in [1.29, 1.82) is 5.26 Å². The van der Waals surface area contributed by atoms with E-state index in [9.17, 15) is 9.50 Å². The number of phenols is 1. The molecule has 2 aromatic carbocycles. The van der Waals surface area contributed by atoms with Crippen molar-refractivity contribution in [2.24, 2.45) is 0 Å². The highest BCUT2D eigenvalue weighted by Gasteiger charge is 2.06. The Morgan fingerprint density at radius 3 is 2.56 bits per heavy atom. The zero-order chi connectivity index (χ0) is 11.5. The van der Waals surface area contributed by atoms with E-state index in [0.717, 1.165) is 6.07 Å². The second-order valence-electron chi connectivity index (χ2n) is 3.36. The molecule has 2 nitrogen and oxygen atoms in total. The molecule has 0 unspecified atom stereocenters. The largest absolute Gasteiger partial charge is 0.507 e. The van der Waals surface area contributed by atoms with Crippen LogP contribution in [0.1, 0.15) is 5.56 Å². The Balaban J connectivity index is 2.61. The minimum Gasteiger partial charge on any atom is -0.507 e. The van der Waals surface area contributed by atoms with Gasteiger partial charge in [-0.2, -0.15) is 5.26 Å². The zero-order valence-corrected chi connectivity index (χ0v) is 8.31. The Hall–Kier alpha value is -2.34. The number of hydrogen-bond donors (Lipinski definition) is 1. The molecule has 0 radical (unpaired) electrons. The molecular formula is C13H8FNO. The van der Waals surface area contributed by atoms with E-state index in [2.05, 4.69) is 0 Å². The maximum absolute atomic E-state index is 13.2. The summed E-state index contributed by atoms with van der Waals surface area (Å²) in [6.07, 6.45) is 0. The van der Waals surface area contributed by atoms with E-state index in [4.69, 9.17) is 5.26 Å². The van der Waals surface area contributed by atoms with Gasteiger partial charge in [0, 0.05) is 5.56 Å². The molecule has 78 valence electrons. The first-order valence-corrected chi connectivity index (χ1v) is 4.70. The molecule has 0 saturated heterocycles. The van der Waals surface area contributed by atoms with Gasteiger partial charge in [-0.1, -0.05) is 18.2 Å². The Morgan fingerprint density at radius 2 is 1.88 bits per heavy atom. The molecule has 2 aromatic rings. The van der Waals surface area contributed by atoms with Crippen LogP contribution in [0.25, 0.3) is 11.1 Å². The Labute approximate surface area is 92.2 Å². The fourth-order valence-corrected chi connectivity index (χ4v) is 1.53.